The van der Waals surface area contributed by atoms with E-state index in [-0.39, 0.29) is 11.8 Å². The van der Waals surface area contributed by atoms with E-state index in [1.54, 1.807) is 0 Å². The van der Waals surface area contributed by atoms with Crippen LogP contribution in [0.3, 0.4) is 0 Å². The lowest BCUT2D eigenvalue weighted by atomic mass is 9.83. The zero-order valence-electron chi connectivity index (χ0n) is 12.9. The lowest BCUT2D eigenvalue weighted by Gasteiger charge is -2.27. The Hall–Kier alpha value is -2.64. The summed E-state index contributed by atoms with van der Waals surface area (Å²) >= 11 is 5.97. The highest BCUT2D eigenvalue weighted by Gasteiger charge is 2.30. The lowest BCUT2D eigenvalue weighted by Crippen LogP contribution is -2.21. The number of fused-ring (bicyclic) bond motifs is 1. The van der Waals surface area contributed by atoms with Crippen molar-refractivity contribution in [3.8, 4) is 11.8 Å². The minimum Gasteiger partial charge on any atom is -0.440 e. The third-order valence-corrected chi connectivity index (χ3v) is 4.17. The van der Waals surface area contributed by atoms with Crippen LogP contribution in [0.2, 0.25) is 5.02 Å². The molecular weight excluding hydrogens is 310 g/mol. The van der Waals surface area contributed by atoms with Crippen LogP contribution in [0.4, 0.5) is 5.69 Å². The maximum Gasteiger partial charge on any atom is 0.205 e. The number of halogens is 1. The quantitative estimate of drug-likeness (QED) is 0.916. The van der Waals surface area contributed by atoms with Crippen molar-refractivity contribution in [2.24, 2.45) is 5.73 Å². The molecule has 2 aromatic carbocycles. The summed E-state index contributed by atoms with van der Waals surface area (Å²) in [4.78, 5) is 1.99. The van der Waals surface area contributed by atoms with Crippen LogP contribution in [0, 0.1) is 11.3 Å². The SMILES string of the molecule is CN(C)c1ccc2c(c1)OC(N)=C(C#N)[C@@H]2c1ccc(Cl)cc1. The molecule has 0 aromatic heterocycles. The van der Waals surface area contributed by atoms with E-state index >= 15 is 0 Å². The molecular formula is C18H16ClN3O. The molecule has 116 valence electrons. The van der Waals surface area contributed by atoms with E-state index in [0.29, 0.717) is 16.3 Å². The summed E-state index contributed by atoms with van der Waals surface area (Å²) in [7, 11) is 3.92. The fourth-order valence-electron chi connectivity index (χ4n) is 2.72. The number of allylic oxidation sites excluding steroid dienone is 1. The van der Waals surface area contributed by atoms with Crippen molar-refractivity contribution in [3.63, 3.8) is 0 Å². The summed E-state index contributed by atoms with van der Waals surface area (Å²) in [5.41, 5.74) is 9.28. The van der Waals surface area contributed by atoms with Crippen molar-refractivity contribution in [2.45, 2.75) is 5.92 Å². The summed E-state index contributed by atoms with van der Waals surface area (Å²) in [5, 5.41) is 10.2. The van der Waals surface area contributed by atoms with Gasteiger partial charge in [-0.25, -0.2) is 0 Å². The molecule has 5 heteroatoms. The third kappa shape index (κ3) is 2.71. The van der Waals surface area contributed by atoms with E-state index in [1.807, 2.05) is 61.5 Å². The fraction of sp³-hybridized carbons (Fsp3) is 0.167. The molecule has 1 aliphatic rings. The Kier molecular flexibility index (Phi) is 3.89. The predicted molar refractivity (Wildman–Crippen MR) is 91.5 cm³/mol. The molecule has 2 N–H and O–H groups in total. The Morgan fingerprint density at radius 2 is 1.87 bits per heavy atom. The highest BCUT2D eigenvalue weighted by molar-refractivity contribution is 6.30. The lowest BCUT2D eigenvalue weighted by molar-refractivity contribution is 0.394. The van der Waals surface area contributed by atoms with Crippen molar-refractivity contribution >= 4 is 17.3 Å². The van der Waals surface area contributed by atoms with Crippen LogP contribution in [0.1, 0.15) is 17.0 Å². The number of nitriles is 1. The molecule has 1 aliphatic heterocycles. The number of hydrogen-bond donors (Lipinski definition) is 1. The molecule has 0 fully saturated rings. The molecule has 2 aromatic rings. The topological polar surface area (TPSA) is 62.3 Å². The number of nitrogens with two attached hydrogens (primary N) is 1. The second kappa shape index (κ2) is 5.86. The largest absolute Gasteiger partial charge is 0.440 e. The maximum atomic E-state index is 9.51. The van der Waals surface area contributed by atoms with Gasteiger partial charge in [0.2, 0.25) is 5.88 Å². The van der Waals surface area contributed by atoms with Crippen molar-refractivity contribution in [1.82, 2.24) is 0 Å². The van der Waals surface area contributed by atoms with Crippen LogP contribution in [-0.4, -0.2) is 14.1 Å². The van der Waals surface area contributed by atoms with E-state index in [0.717, 1.165) is 16.8 Å². The molecule has 0 bridgehead atoms. The molecule has 0 spiro atoms. The molecule has 0 radical (unpaired) electrons. The van der Waals surface area contributed by atoms with Crippen molar-refractivity contribution in [3.05, 3.63) is 70.1 Å². The minimum atomic E-state index is -0.253. The van der Waals surface area contributed by atoms with Crippen molar-refractivity contribution in [2.75, 3.05) is 19.0 Å². The molecule has 0 saturated carbocycles. The number of nitrogens with zero attached hydrogens (tertiary/aromatic N) is 2. The average Bonchev–Trinajstić information content (AvgIpc) is 2.53. The zero-order chi connectivity index (χ0) is 16.6. The molecule has 0 unspecified atom stereocenters. The van der Waals surface area contributed by atoms with Gasteiger partial charge in [-0.2, -0.15) is 5.26 Å². The minimum absolute atomic E-state index is 0.149. The first kappa shape index (κ1) is 15.3. The maximum absolute atomic E-state index is 9.51. The van der Waals surface area contributed by atoms with Crippen LogP contribution in [0.15, 0.2) is 53.9 Å². The average molecular weight is 326 g/mol. The van der Waals surface area contributed by atoms with Gasteiger partial charge in [0.25, 0.3) is 0 Å². The molecule has 23 heavy (non-hydrogen) atoms. The van der Waals surface area contributed by atoms with Gasteiger partial charge in [-0.3, -0.25) is 0 Å². The van der Waals surface area contributed by atoms with Gasteiger partial charge in [0.15, 0.2) is 0 Å². The van der Waals surface area contributed by atoms with Gasteiger partial charge < -0.3 is 15.4 Å². The Morgan fingerprint density at radius 3 is 2.48 bits per heavy atom. The molecule has 1 heterocycles. The fourth-order valence-corrected chi connectivity index (χ4v) is 2.85. The Balaban J connectivity index is 2.17. The number of ether oxygens (including phenoxy) is 1. The zero-order valence-corrected chi connectivity index (χ0v) is 13.6. The van der Waals surface area contributed by atoms with Gasteiger partial charge in [-0.05, 0) is 23.8 Å². The second-order valence-corrected chi connectivity index (χ2v) is 6.03. The standard InChI is InChI=1S/C18H16ClN3O/c1-22(2)13-7-8-14-16(9-13)23-18(21)15(10-20)17(14)11-3-5-12(19)6-4-11/h3-9,17H,21H2,1-2H3/t17-/m1/s1. The Labute approximate surface area is 140 Å². The van der Waals surface area contributed by atoms with Gasteiger partial charge in [0.05, 0.1) is 5.92 Å². The Bertz CT molecular complexity index is 819. The summed E-state index contributed by atoms with van der Waals surface area (Å²) in [6.45, 7) is 0. The highest BCUT2D eigenvalue weighted by atomic mass is 35.5. The summed E-state index contributed by atoms with van der Waals surface area (Å²) < 4.78 is 5.68. The third-order valence-electron chi connectivity index (χ3n) is 3.92. The normalized spacial score (nSPS) is 16.3. The van der Waals surface area contributed by atoms with Crippen LogP contribution in [0.25, 0.3) is 0 Å². The monoisotopic (exact) mass is 325 g/mol. The van der Waals surface area contributed by atoms with Gasteiger partial charge in [0, 0.05) is 36.4 Å². The van der Waals surface area contributed by atoms with Gasteiger partial charge >= 0.3 is 0 Å². The molecule has 3 rings (SSSR count). The van der Waals surface area contributed by atoms with Crippen molar-refractivity contribution < 1.29 is 4.74 Å². The van der Waals surface area contributed by atoms with Crippen molar-refractivity contribution in [1.29, 1.82) is 5.26 Å². The number of hydrogen-bond acceptors (Lipinski definition) is 4. The van der Waals surface area contributed by atoms with E-state index in [1.165, 1.54) is 0 Å². The summed E-state index contributed by atoms with van der Waals surface area (Å²) in [6, 6.07) is 15.5. The summed E-state index contributed by atoms with van der Waals surface area (Å²) in [5.74, 6) is 0.570. The van der Waals surface area contributed by atoms with Crippen LogP contribution in [0.5, 0.6) is 5.75 Å². The first-order chi connectivity index (χ1) is 11.0. The predicted octanol–water partition coefficient (Wildman–Crippen LogP) is 3.62. The molecule has 0 saturated heterocycles. The highest BCUT2D eigenvalue weighted by Crippen LogP contribution is 2.43. The van der Waals surface area contributed by atoms with Crippen LogP contribution >= 0.6 is 11.6 Å². The van der Waals surface area contributed by atoms with E-state index < -0.39 is 0 Å². The van der Waals surface area contributed by atoms with E-state index in [4.69, 9.17) is 22.1 Å². The number of anilines is 1. The first-order valence-electron chi connectivity index (χ1n) is 7.15. The van der Waals surface area contributed by atoms with Crippen LogP contribution < -0.4 is 15.4 Å². The van der Waals surface area contributed by atoms with E-state index in [2.05, 4.69) is 6.07 Å². The second-order valence-electron chi connectivity index (χ2n) is 5.59. The molecule has 1 atom stereocenters. The number of benzene rings is 2. The number of rotatable bonds is 2. The molecule has 0 aliphatic carbocycles. The summed E-state index contributed by atoms with van der Waals surface area (Å²) in [6.07, 6.45) is 0. The van der Waals surface area contributed by atoms with E-state index in [9.17, 15) is 5.26 Å². The first-order valence-corrected chi connectivity index (χ1v) is 7.53. The molecule has 0 amide bonds. The van der Waals surface area contributed by atoms with Gasteiger partial charge in [0.1, 0.15) is 17.4 Å². The van der Waals surface area contributed by atoms with Gasteiger partial charge in [-0.15, -0.1) is 0 Å². The smallest absolute Gasteiger partial charge is 0.205 e. The molecule has 4 nitrogen and oxygen atoms in total. The van der Waals surface area contributed by atoms with Crippen LogP contribution in [-0.2, 0) is 0 Å². The van der Waals surface area contributed by atoms with Gasteiger partial charge in [-0.1, -0.05) is 29.8 Å². The Morgan fingerprint density at radius 1 is 1.17 bits per heavy atom.